The van der Waals surface area contributed by atoms with Gasteiger partial charge in [0.1, 0.15) is 5.58 Å². The third-order valence-corrected chi connectivity index (χ3v) is 3.99. The van der Waals surface area contributed by atoms with Crippen LogP contribution in [0.15, 0.2) is 56.5 Å². The number of carbonyl (C=O) groups excluding carboxylic acids is 1. The largest absolute Gasteiger partial charge is 0.451 e. The summed E-state index contributed by atoms with van der Waals surface area (Å²) in [5.74, 6) is -0.144. The Morgan fingerprint density at radius 1 is 1.17 bits per heavy atom. The van der Waals surface area contributed by atoms with Crippen molar-refractivity contribution in [3.05, 3.63) is 69.4 Å². The van der Waals surface area contributed by atoms with Crippen LogP contribution in [0.1, 0.15) is 27.2 Å². The Bertz CT molecular complexity index is 913. The second kappa shape index (κ2) is 6.38. The molecule has 0 radical (unpaired) electrons. The van der Waals surface area contributed by atoms with E-state index in [1.54, 1.807) is 12.3 Å². The molecule has 4 nitrogen and oxygen atoms in total. The predicted octanol–water partition coefficient (Wildman–Crippen LogP) is 4.58. The molecule has 116 valence electrons. The molecule has 0 bridgehead atoms. The Labute approximate surface area is 142 Å². The molecule has 0 aliphatic heterocycles. The topological polar surface area (TPSA) is 54.6 Å². The Morgan fingerprint density at radius 2 is 2.00 bits per heavy atom. The second-order valence-corrected chi connectivity index (χ2v) is 6.27. The number of amides is 1. The minimum Gasteiger partial charge on any atom is -0.451 e. The first kappa shape index (κ1) is 15.5. The summed E-state index contributed by atoms with van der Waals surface area (Å²) in [4.78, 5) is 12.1. The van der Waals surface area contributed by atoms with Gasteiger partial charge in [0.05, 0.1) is 6.21 Å². The lowest BCUT2D eigenvalue weighted by Gasteiger charge is -2.01. The molecule has 0 saturated heterocycles. The summed E-state index contributed by atoms with van der Waals surface area (Å²) in [6.07, 6.45) is 1.63. The van der Waals surface area contributed by atoms with Gasteiger partial charge in [-0.1, -0.05) is 39.7 Å². The monoisotopic (exact) mass is 370 g/mol. The van der Waals surface area contributed by atoms with Gasteiger partial charge in [-0.05, 0) is 49.2 Å². The number of nitrogens with one attached hydrogen (secondary N) is 1. The highest BCUT2D eigenvalue weighted by molar-refractivity contribution is 9.10. The number of nitrogens with zero attached hydrogens (tertiary/aromatic N) is 1. The van der Waals surface area contributed by atoms with Crippen LogP contribution in [0.5, 0.6) is 0 Å². The van der Waals surface area contributed by atoms with Crippen molar-refractivity contribution >= 4 is 39.0 Å². The zero-order valence-corrected chi connectivity index (χ0v) is 14.3. The standard InChI is InChI=1S/C18H15BrN2O2/c1-11-3-4-13(12(2)7-11)10-20-21-18(22)17-9-14-8-15(19)5-6-16(14)23-17/h3-10H,1-2H3,(H,21,22)/b20-10-. The number of fused-ring (bicyclic) bond motifs is 1. The van der Waals surface area contributed by atoms with Crippen LogP contribution in [0.3, 0.4) is 0 Å². The molecule has 2 aromatic carbocycles. The van der Waals surface area contributed by atoms with E-state index in [9.17, 15) is 4.79 Å². The number of rotatable bonds is 3. The molecule has 1 aromatic heterocycles. The van der Waals surface area contributed by atoms with Gasteiger partial charge in [-0.2, -0.15) is 5.10 Å². The van der Waals surface area contributed by atoms with Crippen molar-refractivity contribution in [2.45, 2.75) is 13.8 Å². The van der Waals surface area contributed by atoms with E-state index in [2.05, 4.69) is 32.5 Å². The number of furan rings is 1. The summed E-state index contributed by atoms with van der Waals surface area (Å²) in [5, 5.41) is 4.87. The van der Waals surface area contributed by atoms with Gasteiger partial charge in [-0.25, -0.2) is 5.43 Å². The maximum atomic E-state index is 12.1. The molecule has 1 N–H and O–H groups in total. The minimum atomic E-state index is -0.377. The van der Waals surface area contributed by atoms with Crippen LogP contribution >= 0.6 is 15.9 Å². The molecule has 0 atom stereocenters. The van der Waals surface area contributed by atoms with Crippen molar-refractivity contribution in [1.29, 1.82) is 0 Å². The maximum absolute atomic E-state index is 12.1. The zero-order chi connectivity index (χ0) is 16.4. The average Bonchev–Trinajstić information content (AvgIpc) is 2.92. The maximum Gasteiger partial charge on any atom is 0.307 e. The second-order valence-electron chi connectivity index (χ2n) is 5.35. The number of aryl methyl sites for hydroxylation is 2. The fourth-order valence-electron chi connectivity index (χ4n) is 2.31. The fourth-order valence-corrected chi connectivity index (χ4v) is 2.69. The van der Waals surface area contributed by atoms with E-state index in [-0.39, 0.29) is 11.7 Å². The summed E-state index contributed by atoms with van der Waals surface area (Å²) < 4.78 is 6.46. The Balaban J connectivity index is 1.74. The molecule has 5 heteroatoms. The van der Waals surface area contributed by atoms with Crippen LogP contribution < -0.4 is 5.43 Å². The van der Waals surface area contributed by atoms with Crippen molar-refractivity contribution in [3.8, 4) is 0 Å². The van der Waals surface area contributed by atoms with E-state index < -0.39 is 0 Å². The minimum absolute atomic E-state index is 0.232. The van der Waals surface area contributed by atoms with E-state index in [4.69, 9.17) is 4.42 Å². The number of halogens is 1. The van der Waals surface area contributed by atoms with Gasteiger partial charge < -0.3 is 4.42 Å². The number of hydrogen-bond acceptors (Lipinski definition) is 3. The lowest BCUT2D eigenvalue weighted by Crippen LogP contribution is -2.16. The van der Waals surface area contributed by atoms with Gasteiger partial charge in [0.25, 0.3) is 0 Å². The molecule has 3 rings (SSSR count). The summed E-state index contributed by atoms with van der Waals surface area (Å²) in [7, 11) is 0. The molecule has 0 unspecified atom stereocenters. The van der Waals surface area contributed by atoms with Crippen molar-refractivity contribution in [1.82, 2.24) is 5.43 Å². The molecule has 23 heavy (non-hydrogen) atoms. The number of benzene rings is 2. The molecule has 0 spiro atoms. The molecule has 1 amide bonds. The van der Waals surface area contributed by atoms with E-state index in [1.165, 1.54) is 5.56 Å². The predicted molar refractivity (Wildman–Crippen MR) is 94.9 cm³/mol. The van der Waals surface area contributed by atoms with Crippen LogP contribution in [-0.4, -0.2) is 12.1 Å². The van der Waals surface area contributed by atoms with Gasteiger partial charge in [0.2, 0.25) is 0 Å². The highest BCUT2D eigenvalue weighted by Gasteiger charge is 2.11. The lowest BCUT2D eigenvalue weighted by atomic mass is 10.1. The summed E-state index contributed by atoms with van der Waals surface area (Å²) in [6, 6.07) is 13.3. The molecular formula is C18H15BrN2O2. The molecule has 3 aromatic rings. The van der Waals surface area contributed by atoms with Crippen LogP contribution in [0, 0.1) is 13.8 Å². The smallest absolute Gasteiger partial charge is 0.307 e. The SMILES string of the molecule is Cc1ccc(/C=N\NC(=O)c2cc3cc(Br)ccc3o2)c(C)c1. The van der Waals surface area contributed by atoms with E-state index in [0.717, 1.165) is 21.0 Å². The van der Waals surface area contributed by atoms with Crippen LogP contribution in [0.2, 0.25) is 0 Å². The first-order valence-corrected chi connectivity index (χ1v) is 7.92. The van der Waals surface area contributed by atoms with Gasteiger partial charge >= 0.3 is 5.91 Å². The molecule has 0 fully saturated rings. The van der Waals surface area contributed by atoms with E-state index in [0.29, 0.717) is 5.58 Å². The Kier molecular flexibility index (Phi) is 4.30. The van der Waals surface area contributed by atoms with Crippen molar-refractivity contribution < 1.29 is 9.21 Å². The highest BCUT2D eigenvalue weighted by Crippen LogP contribution is 2.23. The first-order chi connectivity index (χ1) is 11.0. The summed E-state index contributed by atoms with van der Waals surface area (Å²) in [5.41, 5.74) is 6.42. The van der Waals surface area contributed by atoms with Crippen LogP contribution in [0.25, 0.3) is 11.0 Å². The number of hydrogen-bond donors (Lipinski definition) is 1. The van der Waals surface area contributed by atoms with Gasteiger partial charge in [0, 0.05) is 9.86 Å². The van der Waals surface area contributed by atoms with Crippen molar-refractivity contribution in [2.24, 2.45) is 5.10 Å². The zero-order valence-electron chi connectivity index (χ0n) is 12.8. The highest BCUT2D eigenvalue weighted by atomic mass is 79.9. The Hall–Kier alpha value is -2.40. The normalized spacial score (nSPS) is 11.3. The van der Waals surface area contributed by atoms with E-state index in [1.807, 2.05) is 44.2 Å². The molecule has 0 aliphatic carbocycles. The third kappa shape index (κ3) is 3.51. The number of hydrazone groups is 1. The molecular weight excluding hydrogens is 356 g/mol. The number of carbonyl (C=O) groups is 1. The van der Waals surface area contributed by atoms with Crippen molar-refractivity contribution in [2.75, 3.05) is 0 Å². The Morgan fingerprint density at radius 3 is 2.78 bits per heavy atom. The molecule has 0 saturated carbocycles. The summed E-state index contributed by atoms with van der Waals surface area (Å²) >= 11 is 3.39. The van der Waals surface area contributed by atoms with Gasteiger partial charge in [0.15, 0.2) is 5.76 Å². The van der Waals surface area contributed by atoms with Gasteiger partial charge in [-0.15, -0.1) is 0 Å². The third-order valence-electron chi connectivity index (χ3n) is 3.50. The first-order valence-electron chi connectivity index (χ1n) is 7.13. The van der Waals surface area contributed by atoms with Crippen LogP contribution in [0.4, 0.5) is 0 Å². The average molecular weight is 371 g/mol. The molecule has 1 heterocycles. The quantitative estimate of drug-likeness (QED) is 0.541. The summed E-state index contributed by atoms with van der Waals surface area (Å²) in [6.45, 7) is 4.04. The van der Waals surface area contributed by atoms with Crippen molar-refractivity contribution in [3.63, 3.8) is 0 Å². The van der Waals surface area contributed by atoms with Crippen LogP contribution in [-0.2, 0) is 0 Å². The van der Waals surface area contributed by atoms with Gasteiger partial charge in [-0.3, -0.25) is 4.79 Å². The van der Waals surface area contributed by atoms with E-state index >= 15 is 0 Å². The fraction of sp³-hybridized carbons (Fsp3) is 0.111. The lowest BCUT2D eigenvalue weighted by molar-refractivity contribution is 0.0929. The molecule has 0 aliphatic rings.